The van der Waals surface area contributed by atoms with Crippen LogP contribution in [0, 0.1) is 5.82 Å². The zero-order valence-electron chi connectivity index (χ0n) is 14.4. The second-order valence-corrected chi connectivity index (χ2v) is 7.86. The van der Waals surface area contributed by atoms with Crippen molar-refractivity contribution in [3.8, 4) is 11.6 Å². The van der Waals surface area contributed by atoms with Crippen molar-refractivity contribution in [2.45, 2.75) is 10.9 Å². The van der Waals surface area contributed by atoms with Gasteiger partial charge in [0.25, 0.3) is 5.56 Å². The smallest absolute Gasteiger partial charge is 0.278 e. The van der Waals surface area contributed by atoms with Crippen LogP contribution in [0.4, 0.5) is 4.39 Å². The van der Waals surface area contributed by atoms with Gasteiger partial charge in [-0.2, -0.15) is 0 Å². The fraction of sp³-hybridized carbons (Fsp3) is 0.111. The van der Waals surface area contributed by atoms with E-state index < -0.39 is 5.82 Å². The standard InChI is InChI=1S/C18H12ClFN4O2S2/c1-26-14-5-4-12(7-21-14)24-17(25)15-16(22-9-28-15)23-18(24)27-8-10-2-3-11(19)6-13(10)20/h2-7,9H,8H2,1H3. The largest absolute Gasteiger partial charge is 0.481 e. The van der Waals surface area contributed by atoms with Crippen molar-refractivity contribution < 1.29 is 9.13 Å². The van der Waals surface area contributed by atoms with Crippen molar-refractivity contribution in [3.05, 3.63) is 68.8 Å². The van der Waals surface area contributed by atoms with E-state index >= 15 is 0 Å². The summed E-state index contributed by atoms with van der Waals surface area (Å²) in [5.41, 5.74) is 2.68. The van der Waals surface area contributed by atoms with E-state index in [1.165, 1.54) is 47.0 Å². The lowest BCUT2D eigenvalue weighted by Crippen LogP contribution is -2.21. The number of hydrogen-bond acceptors (Lipinski definition) is 7. The number of hydrogen-bond donors (Lipinski definition) is 0. The van der Waals surface area contributed by atoms with Crippen LogP contribution in [-0.2, 0) is 5.75 Å². The van der Waals surface area contributed by atoms with E-state index in [2.05, 4.69) is 15.0 Å². The summed E-state index contributed by atoms with van der Waals surface area (Å²) >= 11 is 8.26. The molecule has 0 aliphatic rings. The van der Waals surface area contributed by atoms with Gasteiger partial charge in [-0.25, -0.2) is 19.3 Å². The number of pyridine rings is 1. The van der Waals surface area contributed by atoms with Gasteiger partial charge in [0.2, 0.25) is 5.88 Å². The first-order chi connectivity index (χ1) is 13.6. The number of aromatic nitrogens is 4. The predicted molar refractivity (Wildman–Crippen MR) is 108 cm³/mol. The number of ether oxygens (including phenoxy) is 1. The van der Waals surface area contributed by atoms with E-state index in [0.29, 0.717) is 37.7 Å². The van der Waals surface area contributed by atoms with Gasteiger partial charge in [0, 0.05) is 16.8 Å². The molecule has 0 bridgehead atoms. The third-order valence-corrected chi connectivity index (χ3v) is 5.92. The van der Waals surface area contributed by atoms with Gasteiger partial charge >= 0.3 is 0 Å². The summed E-state index contributed by atoms with van der Waals surface area (Å²) in [6.45, 7) is 0. The maximum Gasteiger partial charge on any atom is 0.278 e. The highest BCUT2D eigenvalue weighted by atomic mass is 35.5. The number of nitrogens with zero attached hydrogens (tertiary/aromatic N) is 4. The quantitative estimate of drug-likeness (QED) is 0.344. The highest BCUT2D eigenvalue weighted by molar-refractivity contribution is 7.98. The molecule has 0 unspecified atom stereocenters. The highest BCUT2D eigenvalue weighted by Gasteiger charge is 2.16. The molecule has 0 atom stereocenters. The zero-order chi connectivity index (χ0) is 19.7. The van der Waals surface area contributed by atoms with Crippen molar-refractivity contribution in [3.63, 3.8) is 0 Å². The average molecular weight is 435 g/mol. The molecule has 0 aliphatic carbocycles. The zero-order valence-corrected chi connectivity index (χ0v) is 16.8. The Kier molecular flexibility index (Phi) is 5.29. The molecule has 1 aromatic carbocycles. The first-order valence-corrected chi connectivity index (χ1v) is 10.2. The molecule has 0 amide bonds. The molecule has 3 heterocycles. The van der Waals surface area contributed by atoms with Gasteiger partial charge in [0.15, 0.2) is 10.8 Å². The first-order valence-electron chi connectivity index (χ1n) is 8.00. The lowest BCUT2D eigenvalue weighted by molar-refractivity contribution is 0.397. The van der Waals surface area contributed by atoms with Crippen molar-refractivity contribution in [2.24, 2.45) is 0 Å². The summed E-state index contributed by atoms with van der Waals surface area (Å²) < 4.78 is 21.1. The Morgan fingerprint density at radius 3 is 2.86 bits per heavy atom. The van der Waals surface area contributed by atoms with Crippen LogP contribution in [0.15, 0.2) is 52.0 Å². The monoisotopic (exact) mass is 434 g/mol. The van der Waals surface area contributed by atoms with Crippen LogP contribution in [0.1, 0.15) is 5.56 Å². The first kappa shape index (κ1) is 18.9. The minimum absolute atomic E-state index is 0.251. The van der Waals surface area contributed by atoms with Gasteiger partial charge in [0.1, 0.15) is 10.5 Å². The van der Waals surface area contributed by atoms with E-state index in [4.69, 9.17) is 16.3 Å². The van der Waals surface area contributed by atoms with Crippen molar-refractivity contribution in [2.75, 3.05) is 7.11 Å². The Morgan fingerprint density at radius 2 is 2.14 bits per heavy atom. The second-order valence-electron chi connectivity index (χ2n) is 5.62. The molecule has 0 spiro atoms. The van der Waals surface area contributed by atoms with Crippen LogP contribution in [-0.4, -0.2) is 26.6 Å². The van der Waals surface area contributed by atoms with E-state index in [1.54, 1.807) is 29.8 Å². The molecular weight excluding hydrogens is 423 g/mol. The van der Waals surface area contributed by atoms with Crippen LogP contribution in [0.25, 0.3) is 16.0 Å². The van der Waals surface area contributed by atoms with E-state index in [1.807, 2.05) is 0 Å². The van der Waals surface area contributed by atoms with Gasteiger partial charge in [0.05, 0.1) is 24.5 Å². The topological polar surface area (TPSA) is 69.9 Å². The lowest BCUT2D eigenvalue weighted by atomic mass is 10.2. The van der Waals surface area contributed by atoms with Crippen LogP contribution in [0.5, 0.6) is 5.88 Å². The van der Waals surface area contributed by atoms with E-state index in [9.17, 15) is 9.18 Å². The van der Waals surface area contributed by atoms with Gasteiger partial charge < -0.3 is 4.74 Å². The van der Waals surface area contributed by atoms with Crippen LogP contribution in [0.2, 0.25) is 5.02 Å². The van der Waals surface area contributed by atoms with Gasteiger partial charge in [-0.15, -0.1) is 11.3 Å². The molecule has 0 fully saturated rings. The Morgan fingerprint density at radius 1 is 1.29 bits per heavy atom. The molecule has 10 heteroatoms. The third kappa shape index (κ3) is 3.60. The Bertz CT molecular complexity index is 1210. The fourth-order valence-corrected chi connectivity index (χ4v) is 4.33. The van der Waals surface area contributed by atoms with Crippen molar-refractivity contribution >= 4 is 45.0 Å². The molecule has 0 saturated heterocycles. The van der Waals surface area contributed by atoms with Crippen LogP contribution < -0.4 is 10.3 Å². The number of rotatable bonds is 5. The summed E-state index contributed by atoms with van der Waals surface area (Å²) in [6.07, 6.45) is 1.53. The van der Waals surface area contributed by atoms with Crippen LogP contribution in [0.3, 0.4) is 0 Å². The number of thioether (sulfide) groups is 1. The normalized spacial score (nSPS) is 11.1. The van der Waals surface area contributed by atoms with E-state index in [0.717, 1.165) is 0 Å². The van der Waals surface area contributed by atoms with E-state index in [-0.39, 0.29) is 11.3 Å². The van der Waals surface area contributed by atoms with Crippen LogP contribution >= 0.6 is 34.7 Å². The van der Waals surface area contributed by atoms with Gasteiger partial charge in [-0.1, -0.05) is 29.4 Å². The Hall–Kier alpha value is -2.49. The fourth-order valence-electron chi connectivity index (χ4n) is 2.53. The molecule has 0 saturated carbocycles. The molecule has 3 aromatic heterocycles. The summed E-state index contributed by atoms with van der Waals surface area (Å²) in [6, 6.07) is 7.87. The lowest BCUT2D eigenvalue weighted by Gasteiger charge is -2.12. The number of fused-ring (bicyclic) bond motifs is 1. The minimum atomic E-state index is -0.408. The van der Waals surface area contributed by atoms with Crippen molar-refractivity contribution in [1.82, 2.24) is 19.5 Å². The summed E-state index contributed by atoms with van der Waals surface area (Å²) in [7, 11) is 1.51. The summed E-state index contributed by atoms with van der Waals surface area (Å²) in [4.78, 5) is 25.8. The summed E-state index contributed by atoms with van der Waals surface area (Å²) in [5, 5.41) is 0.721. The number of methoxy groups -OCH3 is 1. The molecule has 6 nitrogen and oxygen atoms in total. The van der Waals surface area contributed by atoms with Gasteiger partial charge in [-0.3, -0.25) is 9.36 Å². The molecule has 28 heavy (non-hydrogen) atoms. The number of thiazole rings is 1. The average Bonchev–Trinajstić information content (AvgIpc) is 3.17. The molecule has 4 aromatic rings. The maximum absolute atomic E-state index is 14.1. The Labute approximate surface area is 172 Å². The Balaban J connectivity index is 1.78. The molecule has 4 rings (SSSR count). The minimum Gasteiger partial charge on any atom is -0.481 e. The summed E-state index contributed by atoms with van der Waals surface area (Å²) in [5.74, 6) is 0.296. The molecule has 142 valence electrons. The van der Waals surface area contributed by atoms with Gasteiger partial charge in [-0.05, 0) is 23.8 Å². The molecule has 0 radical (unpaired) electrons. The highest BCUT2D eigenvalue weighted by Crippen LogP contribution is 2.27. The third-order valence-electron chi connectivity index (χ3n) is 3.90. The molecule has 0 N–H and O–H groups in total. The predicted octanol–water partition coefficient (Wildman–Crippen LogP) is 4.33. The SMILES string of the molecule is COc1ccc(-n2c(SCc3ccc(Cl)cc3F)nc3ncsc3c2=O)cn1. The number of benzene rings is 1. The second kappa shape index (κ2) is 7.86. The molecule has 0 aliphatic heterocycles. The van der Waals surface area contributed by atoms with Crippen molar-refractivity contribution in [1.29, 1.82) is 0 Å². The maximum atomic E-state index is 14.1. The molecular formula is C18H12ClFN4O2S2. The number of halogens is 2.